The van der Waals surface area contributed by atoms with Gasteiger partial charge in [-0.25, -0.2) is 19.2 Å². The Kier molecular flexibility index (Phi) is 11.0. The second-order valence-electron chi connectivity index (χ2n) is 13.3. The lowest BCUT2D eigenvalue weighted by atomic mass is 9.95. The summed E-state index contributed by atoms with van der Waals surface area (Å²) in [5.41, 5.74) is 1.92. The van der Waals surface area contributed by atoms with Crippen LogP contribution in [0.3, 0.4) is 0 Å². The molecule has 5 rings (SSSR count). The second kappa shape index (κ2) is 15.4. The fourth-order valence-corrected chi connectivity index (χ4v) is 5.72. The Labute approximate surface area is 294 Å². The molecule has 0 radical (unpaired) electrons. The number of carbonyl (C=O) groups excluding carboxylic acids is 3. The molecule has 51 heavy (non-hydrogen) atoms. The zero-order chi connectivity index (χ0) is 36.9. The summed E-state index contributed by atoms with van der Waals surface area (Å²) in [5, 5.41) is 14.8. The number of amides is 3. The van der Waals surface area contributed by atoms with Gasteiger partial charge in [-0.1, -0.05) is 0 Å². The maximum absolute atomic E-state index is 15.0. The normalized spacial score (nSPS) is 13.4. The van der Waals surface area contributed by atoms with Crippen LogP contribution in [0.15, 0.2) is 48.9 Å². The highest BCUT2D eigenvalue weighted by Crippen LogP contribution is 2.32. The number of aromatic nitrogens is 3. The number of fused-ring (bicyclic) bond motifs is 1. The second-order valence-corrected chi connectivity index (χ2v) is 13.3. The summed E-state index contributed by atoms with van der Waals surface area (Å²) >= 11 is 0. The Morgan fingerprint density at radius 1 is 1.10 bits per heavy atom. The van der Waals surface area contributed by atoms with Gasteiger partial charge in [0, 0.05) is 55.9 Å². The number of hydrogen-bond acceptors (Lipinski definition) is 9. The molecule has 1 aliphatic heterocycles. The molecule has 268 valence electrons. The van der Waals surface area contributed by atoms with Crippen LogP contribution in [-0.4, -0.2) is 87.5 Å². The van der Waals surface area contributed by atoms with Gasteiger partial charge in [-0.3, -0.25) is 14.0 Å². The topological polar surface area (TPSA) is 154 Å². The minimum Gasteiger partial charge on any atom is -0.476 e. The summed E-state index contributed by atoms with van der Waals surface area (Å²) in [6, 6.07) is 9.68. The van der Waals surface area contributed by atoms with E-state index in [-0.39, 0.29) is 41.3 Å². The van der Waals surface area contributed by atoms with Crippen LogP contribution in [0.5, 0.6) is 5.75 Å². The van der Waals surface area contributed by atoms with Crippen molar-refractivity contribution in [3.8, 4) is 23.1 Å². The van der Waals surface area contributed by atoms with Gasteiger partial charge < -0.3 is 29.9 Å². The van der Waals surface area contributed by atoms with E-state index in [2.05, 4.69) is 20.6 Å². The quantitative estimate of drug-likeness (QED) is 0.219. The minimum atomic E-state index is -1.20. The summed E-state index contributed by atoms with van der Waals surface area (Å²) in [6.07, 6.45) is 5.38. The van der Waals surface area contributed by atoms with Crippen LogP contribution in [0.1, 0.15) is 49.5 Å². The molecule has 1 saturated heterocycles. The Hall–Kier alpha value is -5.78. The number of likely N-dealkylation sites (N-methyl/N-ethyl adjacent to an activating group) is 1. The van der Waals surface area contributed by atoms with Gasteiger partial charge in [0.2, 0.25) is 11.7 Å². The molecule has 2 aromatic carbocycles. The van der Waals surface area contributed by atoms with E-state index in [1.165, 1.54) is 36.5 Å². The number of likely N-dealkylation sites (tertiary alicyclic amines) is 1. The first-order chi connectivity index (χ1) is 24.3. The Morgan fingerprint density at radius 2 is 1.84 bits per heavy atom. The molecule has 4 aromatic rings. The number of nitriles is 1. The highest BCUT2D eigenvalue weighted by atomic mass is 19.2. The van der Waals surface area contributed by atoms with Gasteiger partial charge in [-0.15, -0.1) is 0 Å². The molecule has 0 spiro atoms. The third kappa shape index (κ3) is 8.69. The standard InChI is InChI=1S/C36H40F2N8O5/c1-22-18-24(43-32-33-42-20-27(46(33)16-13-40-32)26-8-9-28(50-17-12-39)31(38)30(26)37)6-7-25(22)34(48)45-14-10-23(11-15-45)19-41-29(47)21-44(5)35(49)51-36(2,3)4/h6-9,13,16,18,20,23H,10-11,14-15,17,19,21H2,1-5H3,(H,40,43)(H,41,47). The van der Waals surface area contributed by atoms with Gasteiger partial charge in [0.15, 0.2) is 29.6 Å². The summed E-state index contributed by atoms with van der Waals surface area (Å²) < 4.78 is 41.5. The van der Waals surface area contributed by atoms with E-state index in [1.54, 1.807) is 49.6 Å². The van der Waals surface area contributed by atoms with Crippen molar-refractivity contribution in [1.29, 1.82) is 5.26 Å². The first-order valence-corrected chi connectivity index (χ1v) is 16.4. The van der Waals surface area contributed by atoms with E-state index >= 15 is 4.39 Å². The number of hydrogen-bond donors (Lipinski definition) is 2. The molecular weight excluding hydrogens is 662 g/mol. The van der Waals surface area contributed by atoms with Crippen molar-refractivity contribution in [3.05, 3.63) is 71.7 Å². The third-order valence-corrected chi connectivity index (χ3v) is 8.34. The van der Waals surface area contributed by atoms with Crippen LogP contribution in [0.4, 0.5) is 25.1 Å². The smallest absolute Gasteiger partial charge is 0.410 e. The van der Waals surface area contributed by atoms with Crippen molar-refractivity contribution in [3.63, 3.8) is 0 Å². The fourth-order valence-electron chi connectivity index (χ4n) is 5.72. The largest absolute Gasteiger partial charge is 0.476 e. The molecule has 1 aliphatic rings. The Balaban J connectivity index is 1.17. The minimum absolute atomic E-state index is 0.0444. The average Bonchev–Trinajstić information content (AvgIpc) is 3.52. The van der Waals surface area contributed by atoms with E-state index in [4.69, 9.17) is 14.7 Å². The lowest BCUT2D eigenvalue weighted by molar-refractivity contribution is -0.122. The van der Waals surface area contributed by atoms with E-state index in [9.17, 15) is 18.8 Å². The van der Waals surface area contributed by atoms with Crippen molar-refractivity contribution in [2.45, 2.75) is 46.1 Å². The SMILES string of the molecule is Cc1cc(Nc2nccn3c(-c4ccc(OCC#N)c(F)c4F)cnc23)ccc1C(=O)N1CCC(CNC(=O)CN(C)C(=O)OC(C)(C)C)CC1. The van der Waals surface area contributed by atoms with Gasteiger partial charge >= 0.3 is 6.09 Å². The van der Waals surface area contributed by atoms with Crippen LogP contribution in [0.2, 0.25) is 0 Å². The molecule has 13 nitrogen and oxygen atoms in total. The number of ether oxygens (including phenoxy) is 2. The molecule has 2 aromatic heterocycles. The monoisotopic (exact) mass is 702 g/mol. The predicted octanol–water partition coefficient (Wildman–Crippen LogP) is 5.46. The van der Waals surface area contributed by atoms with Gasteiger partial charge in [-0.2, -0.15) is 9.65 Å². The van der Waals surface area contributed by atoms with Crippen molar-refractivity contribution in [2.24, 2.45) is 5.92 Å². The molecule has 0 saturated carbocycles. The highest BCUT2D eigenvalue weighted by Gasteiger charge is 2.26. The first-order valence-electron chi connectivity index (χ1n) is 16.4. The van der Waals surface area contributed by atoms with Crippen molar-refractivity contribution in [2.75, 3.05) is 45.2 Å². The fraction of sp³-hybridized carbons (Fsp3) is 0.389. The Bertz CT molecular complexity index is 1980. The molecule has 3 amide bonds. The number of nitrogens with zero attached hydrogens (tertiary/aromatic N) is 6. The highest BCUT2D eigenvalue weighted by molar-refractivity contribution is 5.96. The van der Waals surface area contributed by atoms with Gasteiger partial charge in [0.05, 0.1) is 11.9 Å². The van der Waals surface area contributed by atoms with E-state index < -0.39 is 29.9 Å². The zero-order valence-corrected chi connectivity index (χ0v) is 29.1. The lowest BCUT2D eigenvalue weighted by Gasteiger charge is -2.32. The number of halogens is 2. The molecule has 0 unspecified atom stereocenters. The number of benzene rings is 2. The van der Waals surface area contributed by atoms with Gasteiger partial charge in [0.1, 0.15) is 18.2 Å². The first kappa shape index (κ1) is 36.5. The average molecular weight is 703 g/mol. The number of nitrogens with one attached hydrogen (secondary N) is 2. The Morgan fingerprint density at radius 3 is 2.53 bits per heavy atom. The number of aryl methyl sites for hydroxylation is 1. The predicted molar refractivity (Wildman–Crippen MR) is 184 cm³/mol. The maximum atomic E-state index is 15.0. The molecular formula is C36H40F2N8O5. The number of imidazole rings is 1. The van der Waals surface area contributed by atoms with Crippen LogP contribution < -0.4 is 15.4 Å². The summed E-state index contributed by atoms with van der Waals surface area (Å²) in [7, 11) is 1.52. The molecule has 3 heterocycles. The zero-order valence-electron chi connectivity index (χ0n) is 29.1. The number of rotatable bonds is 10. The van der Waals surface area contributed by atoms with Crippen molar-refractivity contribution in [1.82, 2.24) is 29.5 Å². The van der Waals surface area contributed by atoms with E-state index in [0.717, 1.165) is 18.4 Å². The third-order valence-electron chi connectivity index (χ3n) is 8.34. The molecule has 0 bridgehead atoms. The molecule has 2 N–H and O–H groups in total. The molecule has 15 heteroatoms. The van der Waals surface area contributed by atoms with E-state index in [0.29, 0.717) is 42.4 Å². The van der Waals surface area contributed by atoms with Crippen molar-refractivity contribution >= 4 is 35.1 Å². The van der Waals surface area contributed by atoms with Crippen LogP contribution in [0, 0.1) is 35.8 Å². The molecule has 1 fully saturated rings. The summed E-state index contributed by atoms with van der Waals surface area (Å²) in [4.78, 5) is 49.8. The van der Waals surface area contributed by atoms with Crippen LogP contribution in [-0.2, 0) is 9.53 Å². The van der Waals surface area contributed by atoms with Crippen molar-refractivity contribution < 1.29 is 32.6 Å². The summed E-state index contributed by atoms with van der Waals surface area (Å²) in [5.74, 6) is -2.49. The van der Waals surface area contributed by atoms with Gasteiger partial charge in [0.25, 0.3) is 5.91 Å². The van der Waals surface area contributed by atoms with E-state index in [1.807, 2.05) is 17.9 Å². The summed E-state index contributed by atoms with van der Waals surface area (Å²) in [6.45, 7) is 8.16. The molecule has 0 aliphatic carbocycles. The van der Waals surface area contributed by atoms with Gasteiger partial charge in [-0.05, 0) is 82.3 Å². The number of carbonyl (C=O) groups is 3. The molecule has 0 atom stereocenters. The maximum Gasteiger partial charge on any atom is 0.410 e. The van der Waals surface area contributed by atoms with Crippen LogP contribution in [0.25, 0.3) is 16.9 Å². The lowest BCUT2D eigenvalue weighted by Crippen LogP contribution is -2.44. The number of anilines is 2. The number of piperidine rings is 1. The van der Waals surface area contributed by atoms with Crippen LogP contribution >= 0.6 is 0 Å².